The number of nitrogens with two attached hydrogens (primary N) is 1. The molecule has 0 unspecified atom stereocenters. The lowest BCUT2D eigenvalue weighted by atomic mass is 10.2. The van der Waals surface area contributed by atoms with Crippen molar-refractivity contribution in [1.29, 1.82) is 0 Å². The molecule has 9 heteroatoms. The molecule has 0 fully saturated rings. The fraction of sp³-hybridized carbons (Fsp3) is 0.273. The van der Waals surface area contributed by atoms with Gasteiger partial charge in [-0.1, -0.05) is 23.7 Å². The number of amides is 1. The molecule has 0 bridgehead atoms. The number of benzene rings is 1. The summed E-state index contributed by atoms with van der Waals surface area (Å²) in [4.78, 5) is 21.4. The van der Waals surface area contributed by atoms with Gasteiger partial charge in [0.2, 0.25) is 15.9 Å². The predicted molar refractivity (Wildman–Crippen MR) is 71.6 cm³/mol. The van der Waals surface area contributed by atoms with Crippen molar-refractivity contribution in [2.75, 3.05) is 0 Å². The summed E-state index contributed by atoms with van der Waals surface area (Å²) in [5.41, 5.74) is 4.91. The van der Waals surface area contributed by atoms with E-state index in [-0.39, 0.29) is 22.8 Å². The highest BCUT2D eigenvalue weighted by molar-refractivity contribution is 7.89. The molecule has 1 aromatic rings. The first-order valence-electron chi connectivity index (χ1n) is 5.52. The van der Waals surface area contributed by atoms with E-state index in [1.54, 1.807) is 6.07 Å². The van der Waals surface area contributed by atoms with Crippen LogP contribution < -0.4 is 10.5 Å². The number of carbonyl (C=O) groups is 2. The molecule has 0 saturated heterocycles. The van der Waals surface area contributed by atoms with E-state index in [4.69, 9.17) is 22.4 Å². The zero-order valence-corrected chi connectivity index (χ0v) is 11.8. The lowest BCUT2D eigenvalue weighted by Crippen LogP contribution is -2.41. The number of carbonyl (C=O) groups excluding carboxylic acids is 1. The van der Waals surface area contributed by atoms with E-state index in [0.29, 0.717) is 0 Å². The fourth-order valence-electron chi connectivity index (χ4n) is 1.43. The Morgan fingerprint density at radius 1 is 1.35 bits per heavy atom. The van der Waals surface area contributed by atoms with Gasteiger partial charge in [0.15, 0.2) is 0 Å². The average molecular weight is 321 g/mol. The van der Waals surface area contributed by atoms with Gasteiger partial charge in [0.1, 0.15) is 10.9 Å². The summed E-state index contributed by atoms with van der Waals surface area (Å²) in [5, 5.41) is 8.92. The molecule has 0 spiro atoms. The maximum absolute atomic E-state index is 12.0. The number of aliphatic carboxylic acids is 1. The Balaban J connectivity index is 2.95. The van der Waals surface area contributed by atoms with Crippen molar-refractivity contribution in [2.24, 2.45) is 5.73 Å². The molecule has 1 rings (SSSR count). The van der Waals surface area contributed by atoms with E-state index in [9.17, 15) is 18.0 Å². The molecule has 0 saturated carbocycles. The van der Waals surface area contributed by atoms with Crippen molar-refractivity contribution in [2.45, 2.75) is 23.8 Å². The van der Waals surface area contributed by atoms with E-state index in [0.717, 1.165) is 0 Å². The molecule has 20 heavy (non-hydrogen) atoms. The van der Waals surface area contributed by atoms with E-state index in [1.807, 2.05) is 4.72 Å². The van der Waals surface area contributed by atoms with Crippen LogP contribution in [-0.4, -0.2) is 31.4 Å². The molecular formula is C11H13ClN2O5S. The van der Waals surface area contributed by atoms with Crippen LogP contribution >= 0.6 is 11.6 Å². The summed E-state index contributed by atoms with van der Waals surface area (Å²) >= 11 is 5.76. The molecular weight excluding hydrogens is 308 g/mol. The Kier molecular flexibility index (Phi) is 5.49. The monoisotopic (exact) mass is 320 g/mol. The maximum atomic E-state index is 12.0. The molecule has 1 aromatic carbocycles. The SMILES string of the molecule is NC(=O)CC[C@@H](NS(=O)(=O)c1ccccc1Cl)C(=O)O. The Hall–Kier alpha value is -1.64. The minimum Gasteiger partial charge on any atom is -0.480 e. The second-order valence-electron chi connectivity index (χ2n) is 3.95. The summed E-state index contributed by atoms with van der Waals surface area (Å²) in [6, 6.07) is 4.17. The number of rotatable bonds is 7. The average Bonchev–Trinajstić information content (AvgIpc) is 2.34. The van der Waals surface area contributed by atoms with Crippen LogP contribution in [0.15, 0.2) is 29.2 Å². The molecule has 0 aliphatic heterocycles. The van der Waals surface area contributed by atoms with Gasteiger partial charge in [-0.2, -0.15) is 4.72 Å². The van der Waals surface area contributed by atoms with Crippen molar-refractivity contribution < 1.29 is 23.1 Å². The Bertz CT molecular complexity index is 617. The summed E-state index contributed by atoms with van der Waals surface area (Å²) in [6.07, 6.45) is -0.490. The van der Waals surface area contributed by atoms with Gasteiger partial charge in [-0.15, -0.1) is 0 Å². The molecule has 0 aromatic heterocycles. The van der Waals surface area contributed by atoms with Crippen LogP contribution in [0.1, 0.15) is 12.8 Å². The number of sulfonamides is 1. The van der Waals surface area contributed by atoms with Crippen LogP contribution in [0.3, 0.4) is 0 Å². The molecule has 1 atom stereocenters. The first-order chi connectivity index (χ1) is 9.24. The molecule has 0 radical (unpaired) electrons. The number of carboxylic acid groups (broad SMARTS) is 1. The van der Waals surface area contributed by atoms with Crippen LogP contribution in [0.25, 0.3) is 0 Å². The molecule has 0 heterocycles. The maximum Gasteiger partial charge on any atom is 0.321 e. The largest absolute Gasteiger partial charge is 0.480 e. The number of hydrogen-bond acceptors (Lipinski definition) is 4. The molecule has 110 valence electrons. The summed E-state index contributed by atoms with van der Waals surface area (Å²) < 4.78 is 26.1. The quantitative estimate of drug-likeness (QED) is 0.667. The lowest BCUT2D eigenvalue weighted by molar-refractivity contribution is -0.139. The Morgan fingerprint density at radius 2 is 1.95 bits per heavy atom. The minimum absolute atomic E-state index is 0.0287. The van der Waals surface area contributed by atoms with Crippen molar-refractivity contribution >= 4 is 33.5 Å². The molecule has 1 amide bonds. The van der Waals surface area contributed by atoms with E-state index in [1.165, 1.54) is 18.2 Å². The normalized spacial score (nSPS) is 12.8. The molecule has 0 aliphatic carbocycles. The summed E-state index contributed by atoms with van der Waals surface area (Å²) in [7, 11) is -4.10. The van der Waals surface area contributed by atoms with Gasteiger partial charge in [0, 0.05) is 6.42 Å². The topological polar surface area (TPSA) is 127 Å². The number of halogens is 1. The first-order valence-corrected chi connectivity index (χ1v) is 7.38. The third-order valence-corrected chi connectivity index (χ3v) is 4.37. The Morgan fingerprint density at radius 3 is 2.45 bits per heavy atom. The van der Waals surface area contributed by atoms with Gasteiger partial charge in [0.25, 0.3) is 0 Å². The van der Waals surface area contributed by atoms with Crippen molar-refractivity contribution in [3.8, 4) is 0 Å². The second-order valence-corrected chi connectivity index (χ2v) is 6.04. The van der Waals surface area contributed by atoms with Gasteiger partial charge >= 0.3 is 5.97 Å². The van der Waals surface area contributed by atoms with E-state index < -0.39 is 27.9 Å². The number of hydrogen-bond donors (Lipinski definition) is 3. The predicted octanol–water partition coefficient (Wildman–Crippen LogP) is 0.337. The third kappa shape index (κ3) is 4.48. The zero-order chi connectivity index (χ0) is 15.3. The number of nitrogens with one attached hydrogen (secondary N) is 1. The fourth-order valence-corrected chi connectivity index (χ4v) is 3.18. The zero-order valence-electron chi connectivity index (χ0n) is 10.2. The van der Waals surface area contributed by atoms with Gasteiger partial charge in [-0.3, -0.25) is 9.59 Å². The first kappa shape index (κ1) is 16.4. The van der Waals surface area contributed by atoms with Crippen LogP contribution in [0, 0.1) is 0 Å². The van der Waals surface area contributed by atoms with Crippen LogP contribution in [0.5, 0.6) is 0 Å². The summed E-state index contributed by atoms with van der Waals surface area (Å²) in [6.45, 7) is 0. The molecule has 7 nitrogen and oxygen atoms in total. The molecule has 4 N–H and O–H groups in total. The smallest absolute Gasteiger partial charge is 0.321 e. The van der Waals surface area contributed by atoms with E-state index >= 15 is 0 Å². The van der Waals surface area contributed by atoms with Crippen molar-refractivity contribution in [1.82, 2.24) is 4.72 Å². The second kappa shape index (κ2) is 6.69. The standard InChI is InChI=1S/C11H13ClN2O5S/c12-7-3-1-2-4-9(7)20(18,19)14-8(11(16)17)5-6-10(13)15/h1-4,8,14H,5-6H2,(H2,13,15)(H,16,17)/t8-/m1/s1. The highest BCUT2D eigenvalue weighted by Gasteiger charge is 2.26. The summed E-state index contributed by atoms with van der Waals surface area (Å²) in [5.74, 6) is -2.12. The minimum atomic E-state index is -4.10. The van der Waals surface area contributed by atoms with Crippen molar-refractivity contribution in [3.63, 3.8) is 0 Å². The van der Waals surface area contributed by atoms with Crippen LogP contribution in [0.4, 0.5) is 0 Å². The van der Waals surface area contributed by atoms with Gasteiger partial charge in [-0.05, 0) is 18.6 Å². The van der Waals surface area contributed by atoms with Crippen LogP contribution in [0.2, 0.25) is 5.02 Å². The highest BCUT2D eigenvalue weighted by Crippen LogP contribution is 2.20. The highest BCUT2D eigenvalue weighted by atomic mass is 35.5. The van der Waals surface area contributed by atoms with Crippen molar-refractivity contribution in [3.05, 3.63) is 29.3 Å². The van der Waals surface area contributed by atoms with Gasteiger partial charge in [0.05, 0.1) is 5.02 Å². The number of primary amides is 1. The lowest BCUT2D eigenvalue weighted by Gasteiger charge is -2.14. The van der Waals surface area contributed by atoms with E-state index in [2.05, 4.69) is 0 Å². The van der Waals surface area contributed by atoms with Gasteiger partial charge < -0.3 is 10.8 Å². The van der Waals surface area contributed by atoms with Crippen LogP contribution in [-0.2, 0) is 19.6 Å². The third-order valence-electron chi connectivity index (χ3n) is 2.40. The van der Waals surface area contributed by atoms with Gasteiger partial charge in [-0.25, -0.2) is 8.42 Å². The Labute approximate surface area is 120 Å². The number of carboxylic acids is 1. The molecule has 0 aliphatic rings.